The average Bonchev–Trinajstić information content (AvgIpc) is 3.48. The van der Waals surface area contributed by atoms with E-state index in [0.29, 0.717) is 10.3 Å². The molecular formula is C24H32Cl3N5OS. The number of carbonyl (C=O) groups is 1. The van der Waals surface area contributed by atoms with Crippen molar-refractivity contribution in [2.75, 3.05) is 50.7 Å². The molecule has 1 aromatic carbocycles. The van der Waals surface area contributed by atoms with Crippen molar-refractivity contribution in [3.63, 3.8) is 0 Å². The van der Waals surface area contributed by atoms with E-state index in [1.165, 1.54) is 24.1 Å². The highest BCUT2D eigenvalue weighted by Gasteiger charge is 2.33. The van der Waals surface area contributed by atoms with E-state index < -0.39 is 0 Å². The number of thioether (sulfide) groups is 1. The van der Waals surface area contributed by atoms with Gasteiger partial charge in [0.15, 0.2) is 0 Å². The molecule has 0 aliphatic carbocycles. The summed E-state index contributed by atoms with van der Waals surface area (Å²) in [6.07, 6.45) is 4.14. The number of piperazine rings is 1. The minimum Gasteiger partial charge on any atom is -0.353 e. The first kappa shape index (κ1) is 27.3. The Morgan fingerprint density at radius 1 is 1.06 bits per heavy atom. The lowest BCUT2D eigenvalue weighted by atomic mass is 9.96. The zero-order valence-electron chi connectivity index (χ0n) is 19.4. The van der Waals surface area contributed by atoms with Gasteiger partial charge in [-0.2, -0.15) is 0 Å². The highest BCUT2D eigenvalue weighted by Crippen LogP contribution is 2.44. The van der Waals surface area contributed by atoms with Crippen molar-refractivity contribution in [3.8, 4) is 0 Å². The number of likely N-dealkylation sites (tertiary alicyclic amines) is 1. The summed E-state index contributed by atoms with van der Waals surface area (Å²) < 4.78 is 0. The molecule has 2 saturated heterocycles. The van der Waals surface area contributed by atoms with Gasteiger partial charge in [0, 0.05) is 54.3 Å². The summed E-state index contributed by atoms with van der Waals surface area (Å²) >= 11 is 8.04. The van der Waals surface area contributed by atoms with Crippen LogP contribution in [0.2, 0.25) is 5.02 Å². The first-order valence-electron chi connectivity index (χ1n) is 11.6. The molecule has 186 valence electrons. The van der Waals surface area contributed by atoms with Crippen molar-refractivity contribution < 1.29 is 4.79 Å². The van der Waals surface area contributed by atoms with Gasteiger partial charge in [-0.1, -0.05) is 23.7 Å². The lowest BCUT2D eigenvalue weighted by Gasteiger charge is -2.38. The van der Waals surface area contributed by atoms with Crippen LogP contribution >= 0.6 is 48.2 Å². The summed E-state index contributed by atoms with van der Waals surface area (Å²) in [5.74, 6) is 2.11. The van der Waals surface area contributed by atoms with Crippen molar-refractivity contribution in [2.24, 2.45) is 0 Å². The Morgan fingerprint density at radius 2 is 1.74 bits per heavy atom. The SMILES string of the molecule is CC1SCc2ncnc(N3CCN(C(=O)C(CN4CCCC4)c4ccc(Cl)cc4)CC3)c21.Cl.Cl. The van der Waals surface area contributed by atoms with Gasteiger partial charge in [-0.15, -0.1) is 36.6 Å². The molecule has 0 spiro atoms. The maximum absolute atomic E-state index is 13.7. The van der Waals surface area contributed by atoms with Crippen LogP contribution in [0.3, 0.4) is 0 Å². The van der Waals surface area contributed by atoms with E-state index in [1.54, 1.807) is 6.33 Å². The maximum Gasteiger partial charge on any atom is 0.231 e. The lowest BCUT2D eigenvalue weighted by Crippen LogP contribution is -2.51. The second-order valence-electron chi connectivity index (χ2n) is 8.94. The molecule has 0 N–H and O–H groups in total. The van der Waals surface area contributed by atoms with Crippen LogP contribution in [0.1, 0.15) is 47.8 Å². The fourth-order valence-electron chi connectivity index (χ4n) is 5.10. The van der Waals surface area contributed by atoms with E-state index >= 15 is 0 Å². The Morgan fingerprint density at radius 3 is 2.41 bits per heavy atom. The first-order valence-corrected chi connectivity index (χ1v) is 13.0. The molecule has 0 saturated carbocycles. The topological polar surface area (TPSA) is 52.6 Å². The van der Waals surface area contributed by atoms with Crippen molar-refractivity contribution in [2.45, 2.75) is 36.7 Å². The highest BCUT2D eigenvalue weighted by atomic mass is 35.5. The van der Waals surface area contributed by atoms with Crippen LogP contribution in [0.5, 0.6) is 0 Å². The van der Waals surface area contributed by atoms with Gasteiger partial charge in [0.1, 0.15) is 12.1 Å². The first-order chi connectivity index (χ1) is 15.6. The summed E-state index contributed by atoms with van der Waals surface area (Å²) in [5, 5.41) is 1.13. The molecule has 1 aromatic heterocycles. The number of nitrogens with zero attached hydrogens (tertiary/aromatic N) is 5. The molecule has 4 heterocycles. The van der Waals surface area contributed by atoms with E-state index in [0.717, 1.165) is 62.9 Å². The number of carbonyl (C=O) groups excluding carboxylic acids is 1. The third-order valence-corrected chi connectivity index (χ3v) is 8.35. The maximum atomic E-state index is 13.7. The van der Waals surface area contributed by atoms with E-state index in [1.807, 2.05) is 40.9 Å². The van der Waals surface area contributed by atoms with Gasteiger partial charge < -0.3 is 14.7 Å². The Bertz CT molecular complexity index is 966. The molecule has 0 radical (unpaired) electrons. The van der Waals surface area contributed by atoms with E-state index in [4.69, 9.17) is 11.6 Å². The number of aromatic nitrogens is 2. The van der Waals surface area contributed by atoms with Gasteiger partial charge in [0.25, 0.3) is 0 Å². The smallest absolute Gasteiger partial charge is 0.231 e. The minimum absolute atomic E-state index is 0. The number of rotatable bonds is 5. The molecular weight excluding hydrogens is 513 g/mol. The molecule has 2 atom stereocenters. The Labute approximate surface area is 223 Å². The number of halogens is 3. The molecule has 2 aromatic rings. The number of anilines is 1. The van der Waals surface area contributed by atoms with E-state index in [2.05, 4.69) is 26.7 Å². The quantitative estimate of drug-likeness (QED) is 0.538. The Kier molecular flexibility index (Phi) is 9.75. The molecule has 34 heavy (non-hydrogen) atoms. The molecule has 10 heteroatoms. The van der Waals surface area contributed by atoms with Crippen molar-refractivity contribution in [1.29, 1.82) is 0 Å². The third-order valence-electron chi connectivity index (χ3n) is 6.92. The van der Waals surface area contributed by atoms with Crippen LogP contribution in [0.15, 0.2) is 30.6 Å². The van der Waals surface area contributed by atoms with Crippen LogP contribution in [0, 0.1) is 0 Å². The fourth-order valence-corrected chi connectivity index (χ4v) is 6.27. The van der Waals surface area contributed by atoms with Crippen molar-refractivity contribution in [3.05, 3.63) is 52.4 Å². The molecule has 3 aliphatic heterocycles. The molecule has 3 aliphatic rings. The van der Waals surface area contributed by atoms with Gasteiger partial charge in [0.2, 0.25) is 5.91 Å². The molecule has 2 fully saturated rings. The minimum atomic E-state index is -0.142. The molecule has 1 amide bonds. The predicted molar refractivity (Wildman–Crippen MR) is 145 cm³/mol. The Balaban J connectivity index is 0.00000162. The van der Waals surface area contributed by atoms with Crippen LogP contribution in [-0.4, -0.2) is 71.5 Å². The summed E-state index contributed by atoms with van der Waals surface area (Å²) in [5.41, 5.74) is 3.51. The van der Waals surface area contributed by atoms with Gasteiger partial charge in [0.05, 0.1) is 11.6 Å². The monoisotopic (exact) mass is 543 g/mol. The summed E-state index contributed by atoms with van der Waals surface area (Å²) in [7, 11) is 0. The summed E-state index contributed by atoms with van der Waals surface area (Å²) in [4.78, 5) is 29.6. The largest absolute Gasteiger partial charge is 0.353 e. The summed E-state index contributed by atoms with van der Waals surface area (Å²) in [6, 6.07) is 7.82. The normalized spacial score (nSPS) is 20.9. The van der Waals surface area contributed by atoms with E-state index in [-0.39, 0.29) is 36.6 Å². The highest BCUT2D eigenvalue weighted by molar-refractivity contribution is 7.99. The van der Waals surface area contributed by atoms with Crippen LogP contribution in [-0.2, 0) is 10.5 Å². The van der Waals surface area contributed by atoms with Gasteiger partial charge in [-0.25, -0.2) is 9.97 Å². The second kappa shape index (κ2) is 12.1. The van der Waals surface area contributed by atoms with Gasteiger partial charge in [-0.3, -0.25) is 4.79 Å². The van der Waals surface area contributed by atoms with E-state index in [9.17, 15) is 4.79 Å². The number of hydrogen-bond acceptors (Lipinski definition) is 6. The molecule has 5 rings (SSSR count). The lowest BCUT2D eigenvalue weighted by molar-refractivity contribution is -0.133. The zero-order valence-corrected chi connectivity index (χ0v) is 22.6. The third kappa shape index (κ3) is 5.76. The fraction of sp³-hybridized carbons (Fsp3) is 0.542. The average molecular weight is 545 g/mol. The number of benzene rings is 1. The van der Waals surface area contributed by atoms with Gasteiger partial charge >= 0.3 is 0 Å². The number of amides is 1. The van der Waals surface area contributed by atoms with Gasteiger partial charge in [-0.05, 0) is 50.6 Å². The predicted octanol–water partition coefficient (Wildman–Crippen LogP) is 4.81. The molecule has 6 nitrogen and oxygen atoms in total. The number of hydrogen-bond donors (Lipinski definition) is 0. The van der Waals surface area contributed by atoms with Crippen LogP contribution < -0.4 is 4.90 Å². The number of fused-ring (bicyclic) bond motifs is 1. The van der Waals surface area contributed by atoms with Crippen molar-refractivity contribution >= 4 is 59.9 Å². The zero-order chi connectivity index (χ0) is 22.1. The van der Waals surface area contributed by atoms with Crippen molar-refractivity contribution in [1.82, 2.24) is 19.8 Å². The second-order valence-corrected chi connectivity index (χ2v) is 10.7. The van der Waals surface area contributed by atoms with Crippen LogP contribution in [0.25, 0.3) is 0 Å². The molecule has 2 unspecified atom stereocenters. The Hall–Kier alpha value is -1.25. The standard InChI is InChI=1S/C24H30ClN5OS.2ClH/c1-17-22-21(15-32-17)26-16-27-23(22)29-10-12-30(13-11-29)24(31)20(14-28-8-2-3-9-28)18-4-6-19(25)7-5-18;;/h4-7,16-17,20H,2-3,8-15H2,1H3;2*1H. The molecule has 0 bridgehead atoms. The van der Waals surface area contributed by atoms with Crippen LogP contribution in [0.4, 0.5) is 5.82 Å². The summed E-state index contributed by atoms with van der Waals surface area (Å²) in [6.45, 7) is 8.26.